The lowest BCUT2D eigenvalue weighted by Crippen LogP contribution is -2.20. The summed E-state index contributed by atoms with van der Waals surface area (Å²) >= 11 is 1.74. The Bertz CT molecular complexity index is 206. The fraction of sp³-hybridized carbons (Fsp3) is 0.778. The van der Waals surface area contributed by atoms with E-state index >= 15 is 0 Å². The quantitative estimate of drug-likeness (QED) is 0.757. The molecule has 0 aromatic carbocycles. The van der Waals surface area contributed by atoms with Gasteiger partial charge in [0.05, 0.1) is 0 Å². The molecular weight excluding hydrogens is 186 g/mol. The summed E-state index contributed by atoms with van der Waals surface area (Å²) in [6, 6.07) is -0.521. The molecule has 1 aliphatic heterocycles. The smallest absolute Gasteiger partial charge is 0.329 e. The fourth-order valence-corrected chi connectivity index (χ4v) is 2.61. The molecule has 1 heterocycles. The molecule has 0 amide bonds. The molecule has 2 atom stereocenters. The number of rotatable bonds is 3. The van der Waals surface area contributed by atoms with Gasteiger partial charge in [0.25, 0.3) is 0 Å². The van der Waals surface area contributed by atoms with Gasteiger partial charge < -0.3 is 5.11 Å². The molecule has 3 nitrogen and oxygen atoms in total. The van der Waals surface area contributed by atoms with Crippen molar-refractivity contribution in [2.45, 2.75) is 37.5 Å². The average Bonchev–Trinajstić information content (AvgIpc) is 2.30. The number of aliphatic carboxylic acids is 1. The van der Waals surface area contributed by atoms with Crippen molar-refractivity contribution < 1.29 is 9.90 Å². The first-order valence-corrected chi connectivity index (χ1v) is 5.65. The number of carbonyl (C=O) groups is 1. The van der Waals surface area contributed by atoms with Crippen LogP contribution in [-0.4, -0.2) is 34.3 Å². The lowest BCUT2D eigenvalue weighted by molar-refractivity contribution is -0.137. The monoisotopic (exact) mass is 201 g/mol. The number of hydrogen-bond acceptors (Lipinski definition) is 3. The summed E-state index contributed by atoms with van der Waals surface area (Å²) in [4.78, 5) is 14.7. The van der Waals surface area contributed by atoms with Gasteiger partial charge in [0.2, 0.25) is 0 Å². The minimum Gasteiger partial charge on any atom is -0.480 e. The third kappa shape index (κ3) is 3.38. The Balaban J connectivity index is 2.43. The summed E-state index contributed by atoms with van der Waals surface area (Å²) in [6.07, 6.45) is 5.01. The summed E-state index contributed by atoms with van der Waals surface area (Å²) < 4.78 is 0. The Morgan fingerprint density at radius 3 is 3.15 bits per heavy atom. The maximum absolute atomic E-state index is 10.6. The largest absolute Gasteiger partial charge is 0.480 e. The topological polar surface area (TPSA) is 49.7 Å². The van der Waals surface area contributed by atoms with E-state index in [1.54, 1.807) is 18.0 Å². The fourth-order valence-electron chi connectivity index (χ4n) is 1.30. The highest BCUT2D eigenvalue weighted by Crippen LogP contribution is 2.23. The van der Waals surface area contributed by atoms with Crippen molar-refractivity contribution in [2.75, 3.05) is 5.75 Å². The lowest BCUT2D eigenvalue weighted by Gasteiger charge is -2.10. The van der Waals surface area contributed by atoms with Crippen LogP contribution >= 0.6 is 11.8 Å². The second kappa shape index (κ2) is 5.27. The molecule has 0 bridgehead atoms. The molecule has 13 heavy (non-hydrogen) atoms. The molecule has 0 spiro atoms. The van der Waals surface area contributed by atoms with Crippen LogP contribution in [-0.2, 0) is 4.79 Å². The van der Waals surface area contributed by atoms with Crippen LogP contribution in [0.2, 0.25) is 0 Å². The van der Waals surface area contributed by atoms with Crippen LogP contribution < -0.4 is 0 Å². The zero-order chi connectivity index (χ0) is 9.68. The molecule has 0 radical (unpaired) electrons. The Labute approximate surface area is 82.6 Å². The molecular formula is C9H15NO2S. The molecule has 1 aliphatic rings. The molecule has 0 aromatic rings. The highest BCUT2D eigenvalue weighted by atomic mass is 32.2. The molecule has 0 fully saturated rings. The number of carboxylic acids is 1. The average molecular weight is 201 g/mol. The number of hydrogen-bond donors (Lipinski definition) is 1. The summed E-state index contributed by atoms with van der Waals surface area (Å²) in [5.41, 5.74) is 0. The first-order valence-electron chi connectivity index (χ1n) is 4.60. The van der Waals surface area contributed by atoms with Crippen molar-refractivity contribution in [1.29, 1.82) is 0 Å². The number of carboxylic acid groups (broad SMARTS) is 1. The van der Waals surface area contributed by atoms with Crippen LogP contribution in [0.3, 0.4) is 0 Å². The molecule has 4 heteroatoms. The second-order valence-corrected chi connectivity index (χ2v) is 4.50. The molecule has 0 aliphatic carbocycles. The molecule has 0 saturated heterocycles. The minimum atomic E-state index is -0.805. The van der Waals surface area contributed by atoms with E-state index in [4.69, 9.17) is 5.11 Å². The van der Waals surface area contributed by atoms with Gasteiger partial charge in [0, 0.05) is 17.2 Å². The van der Waals surface area contributed by atoms with E-state index in [9.17, 15) is 4.79 Å². The van der Waals surface area contributed by atoms with Gasteiger partial charge in [-0.2, -0.15) is 11.8 Å². The predicted octanol–water partition coefficient (Wildman–Crippen LogP) is 1.82. The van der Waals surface area contributed by atoms with Gasteiger partial charge in [-0.15, -0.1) is 0 Å². The first-order chi connectivity index (χ1) is 6.24. The van der Waals surface area contributed by atoms with E-state index in [2.05, 4.69) is 11.9 Å². The minimum absolute atomic E-state index is 0.521. The van der Waals surface area contributed by atoms with E-state index in [1.165, 1.54) is 0 Å². The number of thioether (sulfide) groups is 1. The molecule has 0 saturated carbocycles. The molecule has 0 aromatic heterocycles. The van der Waals surface area contributed by atoms with E-state index in [1.807, 2.05) is 0 Å². The zero-order valence-electron chi connectivity index (χ0n) is 7.77. The van der Waals surface area contributed by atoms with Crippen molar-refractivity contribution in [1.82, 2.24) is 0 Å². The number of nitrogens with zero attached hydrogens (tertiary/aromatic N) is 1. The maximum Gasteiger partial charge on any atom is 0.329 e. The van der Waals surface area contributed by atoms with Gasteiger partial charge in [-0.1, -0.05) is 13.3 Å². The number of aliphatic imine (C=N–C) groups is 1. The highest BCUT2D eigenvalue weighted by Gasteiger charge is 2.20. The van der Waals surface area contributed by atoms with Gasteiger partial charge in [-0.05, 0) is 12.8 Å². The van der Waals surface area contributed by atoms with Crippen LogP contribution in [0, 0.1) is 0 Å². The SMILES string of the molecule is CCC[C@H]1CC=N[C@H](C(=O)O)CS1. The Morgan fingerprint density at radius 2 is 2.54 bits per heavy atom. The molecule has 1 rings (SSSR count). The summed E-state index contributed by atoms with van der Waals surface area (Å²) in [5, 5.41) is 9.32. The zero-order valence-corrected chi connectivity index (χ0v) is 8.59. The van der Waals surface area contributed by atoms with Crippen LogP contribution in [0.5, 0.6) is 0 Å². The summed E-state index contributed by atoms with van der Waals surface area (Å²) in [7, 11) is 0. The predicted molar refractivity (Wildman–Crippen MR) is 55.7 cm³/mol. The van der Waals surface area contributed by atoms with Crippen molar-refractivity contribution in [3.05, 3.63) is 0 Å². The van der Waals surface area contributed by atoms with Crippen molar-refractivity contribution in [3.63, 3.8) is 0 Å². The summed E-state index contributed by atoms with van der Waals surface area (Å²) in [6.45, 7) is 2.15. The highest BCUT2D eigenvalue weighted by molar-refractivity contribution is 8.00. The van der Waals surface area contributed by atoms with E-state index in [0.717, 1.165) is 19.3 Å². The normalized spacial score (nSPS) is 28.4. The Morgan fingerprint density at radius 1 is 1.77 bits per heavy atom. The van der Waals surface area contributed by atoms with Gasteiger partial charge >= 0.3 is 5.97 Å². The van der Waals surface area contributed by atoms with Crippen LogP contribution in [0.1, 0.15) is 26.2 Å². The van der Waals surface area contributed by atoms with E-state index in [0.29, 0.717) is 11.0 Å². The van der Waals surface area contributed by atoms with Gasteiger partial charge in [-0.25, -0.2) is 4.79 Å². The van der Waals surface area contributed by atoms with Gasteiger partial charge in [0.15, 0.2) is 6.04 Å². The maximum atomic E-state index is 10.6. The molecule has 74 valence electrons. The van der Waals surface area contributed by atoms with Crippen molar-refractivity contribution in [3.8, 4) is 0 Å². The Hall–Kier alpha value is -0.510. The van der Waals surface area contributed by atoms with Gasteiger partial charge in [0.1, 0.15) is 0 Å². The molecule has 0 unspecified atom stereocenters. The van der Waals surface area contributed by atoms with E-state index in [-0.39, 0.29) is 0 Å². The molecule has 1 N–H and O–H groups in total. The lowest BCUT2D eigenvalue weighted by atomic mass is 10.2. The van der Waals surface area contributed by atoms with Crippen LogP contribution in [0.25, 0.3) is 0 Å². The van der Waals surface area contributed by atoms with Gasteiger partial charge in [-0.3, -0.25) is 4.99 Å². The second-order valence-electron chi connectivity index (χ2n) is 3.17. The van der Waals surface area contributed by atoms with Crippen LogP contribution in [0.15, 0.2) is 4.99 Å². The third-order valence-electron chi connectivity index (χ3n) is 2.04. The third-order valence-corrected chi connectivity index (χ3v) is 3.45. The Kier molecular flexibility index (Phi) is 4.28. The van der Waals surface area contributed by atoms with Crippen molar-refractivity contribution >= 4 is 23.9 Å². The van der Waals surface area contributed by atoms with Crippen LogP contribution in [0.4, 0.5) is 0 Å². The van der Waals surface area contributed by atoms with Crippen molar-refractivity contribution in [2.24, 2.45) is 4.99 Å². The summed E-state index contributed by atoms with van der Waals surface area (Å²) in [5.74, 6) is -0.183. The first kappa shape index (κ1) is 10.6. The van der Waals surface area contributed by atoms with E-state index < -0.39 is 12.0 Å². The standard InChI is InChI=1S/C9H15NO2S/c1-2-3-7-4-5-10-8(6-13-7)9(11)12/h5,7-8H,2-4,6H2,1H3,(H,11,12)/t7-,8-/m0/s1.